The van der Waals surface area contributed by atoms with Crippen LogP contribution in [0.5, 0.6) is 0 Å². The van der Waals surface area contributed by atoms with Gasteiger partial charge in [0, 0.05) is 24.7 Å². The smallest absolute Gasteiger partial charge is 0.255 e. The SMILES string of the molecule is Cn1cc(C(=O)C2CC3CC3C2)cc1C(=O)C(Cl)(Cl)Cl. The molecular weight excluding hydrogens is 321 g/mol. The number of alkyl halides is 3. The number of hydrogen-bond donors (Lipinski definition) is 0. The van der Waals surface area contributed by atoms with Crippen molar-refractivity contribution in [2.45, 2.75) is 23.1 Å². The van der Waals surface area contributed by atoms with E-state index in [1.165, 1.54) is 12.5 Å². The molecule has 108 valence electrons. The Morgan fingerprint density at radius 3 is 2.35 bits per heavy atom. The summed E-state index contributed by atoms with van der Waals surface area (Å²) in [5.41, 5.74) is 0.785. The van der Waals surface area contributed by atoms with Gasteiger partial charge in [0.25, 0.3) is 3.79 Å². The summed E-state index contributed by atoms with van der Waals surface area (Å²) < 4.78 is -0.450. The number of halogens is 3. The summed E-state index contributed by atoms with van der Waals surface area (Å²) in [6.07, 6.45) is 4.88. The van der Waals surface area contributed by atoms with E-state index in [0.29, 0.717) is 5.56 Å². The number of ketones is 2. The zero-order valence-corrected chi connectivity index (χ0v) is 13.2. The maximum atomic E-state index is 12.4. The Hall–Kier alpha value is -0.510. The third-order valence-corrected chi connectivity index (χ3v) is 4.91. The highest BCUT2D eigenvalue weighted by atomic mass is 35.6. The Morgan fingerprint density at radius 2 is 1.80 bits per heavy atom. The Balaban J connectivity index is 1.81. The van der Waals surface area contributed by atoms with Gasteiger partial charge in [0.2, 0.25) is 5.78 Å². The molecule has 1 heterocycles. The summed E-state index contributed by atoms with van der Waals surface area (Å²) in [4.78, 5) is 24.4. The normalized spacial score (nSPS) is 28.3. The summed E-state index contributed by atoms with van der Waals surface area (Å²) in [6, 6.07) is 1.54. The molecule has 2 fully saturated rings. The van der Waals surface area contributed by atoms with Crippen molar-refractivity contribution in [2.75, 3.05) is 0 Å². The summed E-state index contributed by atoms with van der Waals surface area (Å²) in [7, 11) is 1.67. The number of aryl methyl sites for hydroxylation is 1. The summed E-state index contributed by atoms with van der Waals surface area (Å²) in [5.74, 6) is 1.08. The van der Waals surface area contributed by atoms with Crippen LogP contribution in [0.1, 0.15) is 40.1 Å². The second-order valence-electron chi connectivity index (χ2n) is 5.84. The van der Waals surface area contributed by atoms with Crippen molar-refractivity contribution in [2.24, 2.45) is 24.8 Å². The topological polar surface area (TPSA) is 39.1 Å². The first kappa shape index (κ1) is 14.4. The maximum Gasteiger partial charge on any atom is 0.255 e. The number of carbonyl (C=O) groups excluding carboxylic acids is 2. The number of nitrogens with zero attached hydrogens (tertiary/aromatic N) is 1. The molecule has 3 rings (SSSR count). The van der Waals surface area contributed by atoms with Gasteiger partial charge >= 0.3 is 0 Å². The third-order valence-electron chi connectivity index (χ3n) is 4.39. The van der Waals surface area contributed by atoms with Crippen LogP contribution in [0.4, 0.5) is 0 Å². The molecule has 0 aromatic carbocycles. The monoisotopic (exact) mass is 333 g/mol. The number of Topliss-reactive ketones (excluding diaryl/α,β-unsaturated/α-hetero) is 2. The standard InChI is InChI=1S/C14H14Cl3NO2/c1-18-6-10(5-11(18)13(20)14(15,16)17)12(19)9-3-7-2-8(7)4-9/h5-9H,2-4H2,1H3. The molecule has 0 N–H and O–H groups in total. The fourth-order valence-electron chi connectivity index (χ4n) is 3.23. The number of aromatic nitrogens is 1. The predicted octanol–water partition coefficient (Wildman–Crippen LogP) is 3.81. The van der Waals surface area contributed by atoms with Gasteiger partial charge in [0.05, 0.1) is 5.69 Å². The number of hydrogen-bond acceptors (Lipinski definition) is 2. The molecule has 2 saturated carbocycles. The molecule has 2 atom stereocenters. The van der Waals surface area contributed by atoms with E-state index < -0.39 is 9.58 Å². The first-order chi connectivity index (χ1) is 9.27. The average molecular weight is 335 g/mol. The molecule has 0 saturated heterocycles. The zero-order valence-electron chi connectivity index (χ0n) is 10.9. The van der Waals surface area contributed by atoms with E-state index in [4.69, 9.17) is 34.8 Å². The molecule has 2 unspecified atom stereocenters. The van der Waals surface area contributed by atoms with Crippen molar-refractivity contribution in [1.82, 2.24) is 4.57 Å². The van der Waals surface area contributed by atoms with Gasteiger partial charge in [-0.3, -0.25) is 9.59 Å². The molecule has 0 radical (unpaired) electrons. The van der Waals surface area contributed by atoms with E-state index in [1.807, 2.05) is 0 Å². The van der Waals surface area contributed by atoms with Gasteiger partial charge < -0.3 is 4.57 Å². The highest BCUT2D eigenvalue weighted by Gasteiger charge is 2.48. The fourth-order valence-corrected chi connectivity index (χ4v) is 3.53. The van der Waals surface area contributed by atoms with Crippen molar-refractivity contribution in [3.63, 3.8) is 0 Å². The fraction of sp³-hybridized carbons (Fsp3) is 0.571. The highest BCUT2D eigenvalue weighted by molar-refractivity contribution is 6.77. The van der Waals surface area contributed by atoms with Gasteiger partial charge in [-0.2, -0.15) is 0 Å². The lowest BCUT2D eigenvalue weighted by Crippen LogP contribution is -2.21. The lowest BCUT2D eigenvalue weighted by Gasteiger charge is -2.09. The quantitative estimate of drug-likeness (QED) is 0.623. The minimum absolute atomic E-state index is 0.0943. The predicted molar refractivity (Wildman–Crippen MR) is 78.7 cm³/mol. The van der Waals surface area contributed by atoms with Crippen LogP contribution in [0, 0.1) is 17.8 Å². The molecule has 20 heavy (non-hydrogen) atoms. The van der Waals surface area contributed by atoms with E-state index in [1.54, 1.807) is 17.8 Å². The van der Waals surface area contributed by atoms with Crippen LogP contribution in [0.25, 0.3) is 0 Å². The molecule has 2 aliphatic rings. The highest BCUT2D eigenvalue weighted by Crippen LogP contribution is 2.55. The van der Waals surface area contributed by atoms with Crippen molar-refractivity contribution in [3.05, 3.63) is 23.5 Å². The second-order valence-corrected chi connectivity index (χ2v) is 8.12. The number of carbonyl (C=O) groups is 2. The van der Waals surface area contributed by atoms with E-state index >= 15 is 0 Å². The first-order valence-electron chi connectivity index (χ1n) is 6.59. The lowest BCUT2D eigenvalue weighted by molar-refractivity contribution is 0.0914. The van der Waals surface area contributed by atoms with Gasteiger partial charge in [-0.15, -0.1) is 0 Å². The van der Waals surface area contributed by atoms with Crippen LogP contribution in [0.2, 0.25) is 0 Å². The Kier molecular flexibility index (Phi) is 3.43. The zero-order chi connectivity index (χ0) is 14.7. The van der Waals surface area contributed by atoms with Gasteiger partial charge in [0.1, 0.15) is 0 Å². The van der Waals surface area contributed by atoms with Crippen LogP contribution < -0.4 is 0 Å². The lowest BCUT2D eigenvalue weighted by atomic mass is 9.94. The van der Waals surface area contributed by atoms with Crippen LogP contribution >= 0.6 is 34.8 Å². The Labute approximate surface area is 132 Å². The van der Waals surface area contributed by atoms with E-state index in [9.17, 15) is 9.59 Å². The molecule has 0 spiro atoms. The van der Waals surface area contributed by atoms with Crippen molar-refractivity contribution in [1.29, 1.82) is 0 Å². The molecule has 0 aliphatic heterocycles. The Bertz CT molecular complexity index is 578. The molecule has 1 aromatic rings. The molecule has 0 bridgehead atoms. The van der Waals surface area contributed by atoms with Crippen LogP contribution in [0.3, 0.4) is 0 Å². The first-order valence-corrected chi connectivity index (χ1v) is 7.73. The van der Waals surface area contributed by atoms with Crippen molar-refractivity contribution in [3.8, 4) is 0 Å². The second kappa shape index (κ2) is 4.75. The molecule has 3 nitrogen and oxygen atoms in total. The molecule has 0 amide bonds. The average Bonchev–Trinajstić information content (AvgIpc) is 2.81. The minimum Gasteiger partial charge on any atom is -0.347 e. The molecule has 2 aliphatic carbocycles. The third kappa shape index (κ3) is 2.51. The van der Waals surface area contributed by atoms with Crippen LogP contribution in [0.15, 0.2) is 12.3 Å². The van der Waals surface area contributed by atoms with Crippen LogP contribution in [-0.2, 0) is 7.05 Å². The van der Waals surface area contributed by atoms with E-state index in [0.717, 1.165) is 24.7 Å². The van der Waals surface area contributed by atoms with Crippen molar-refractivity contribution < 1.29 is 9.59 Å². The summed E-state index contributed by atoms with van der Waals surface area (Å²) in [5, 5.41) is 0. The molecule has 6 heteroatoms. The summed E-state index contributed by atoms with van der Waals surface area (Å²) >= 11 is 16.8. The van der Waals surface area contributed by atoms with E-state index in [2.05, 4.69) is 0 Å². The number of rotatable bonds is 3. The van der Waals surface area contributed by atoms with Gasteiger partial charge in [0.15, 0.2) is 5.78 Å². The van der Waals surface area contributed by atoms with Gasteiger partial charge in [-0.25, -0.2) is 0 Å². The van der Waals surface area contributed by atoms with Gasteiger partial charge in [-0.1, -0.05) is 34.8 Å². The maximum absolute atomic E-state index is 12.4. The summed E-state index contributed by atoms with van der Waals surface area (Å²) in [6.45, 7) is 0. The van der Waals surface area contributed by atoms with E-state index in [-0.39, 0.29) is 17.4 Å². The molecular formula is C14H14Cl3NO2. The largest absolute Gasteiger partial charge is 0.347 e. The van der Waals surface area contributed by atoms with Gasteiger partial charge in [-0.05, 0) is 37.2 Å². The minimum atomic E-state index is -2.00. The number of fused-ring (bicyclic) bond motifs is 1. The van der Waals surface area contributed by atoms with Crippen molar-refractivity contribution >= 4 is 46.4 Å². The Morgan fingerprint density at radius 1 is 1.20 bits per heavy atom. The van der Waals surface area contributed by atoms with Crippen LogP contribution in [-0.4, -0.2) is 19.9 Å². The molecule has 1 aromatic heterocycles.